The van der Waals surface area contributed by atoms with E-state index >= 15 is 0 Å². The first-order valence-corrected chi connectivity index (χ1v) is 5.67. The Balaban J connectivity index is 2.39. The molecule has 0 aliphatic heterocycles. The van der Waals surface area contributed by atoms with Gasteiger partial charge in [-0.3, -0.25) is 0 Å². The lowest BCUT2D eigenvalue weighted by atomic mass is 10.1. The molecular formula is C13H12F3NO2. The molecule has 6 heteroatoms. The lowest BCUT2D eigenvalue weighted by molar-refractivity contribution is -0.137. The maximum atomic E-state index is 12.8. The van der Waals surface area contributed by atoms with Crippen LogP contribution in [-0.2, 0) is 12.6 Å². The van der Waals surface area contributed by atoms with Crippen LogP contribution in [0.4, 0.5) is 13.2 Å². The monoisotopic (exact) mass is 271 g/mol. The van der Waals surface area contributed by atoms with Crippen molar-refractivity contribution in [2.24, 2.45) is 0 Å². The van der Waals surface area contributed by atoms with Crippen LogP contribution in [0.15, 0.2) is 34.9 Å². The zero-order valence-corrected chi connectivity index (χ0v) is 10.1. The van der Waals surface area contributed by atoms with Crippen molar-refractivity contribution >= 4 is 0 Å². The summed E-state index contributed by atoms with van der Waals surface area (Å²) in [4.78, 5) is 3.84. The first-order valence-electron chi connectivity index (χ1n) is 5.67. The predicted molar refractivity (Wildman–Crippen MR) is 62.3 cm³/mol. The van der Waals surface area contributed by atoms with E-state index in [1.807, 2.05) is 0 Å². The van der Waals surface area contributed by atoms with Crippen molar-refractivity contribution in [1.82, 2.24) is 4.98 Å². The number of nitrogens with zero attached hydrogens (tertiary/aromatic N) is 1. The lowest BCUT2D eigenvalue weighted by Gasteiger charge is -2.09. The van der Waals surface area contributed by atoms with Gasteiger partial charge < -0.3 is 9.52 Å². The van der Waals surface area contributed by atoms with Crippen LogP contribution >= 0.6 is 0 Å². The molecule has 1 aromatic carbocycles. The standard InChI is InChI=1S/C13H12F3NO2/c1-8(18)6-9-7-17-12(19-9)10-4-2-3-5-11(10)13(14,15)16/h2-5,7-8,18H,6H2,1H3. The van der Waals surface area contributed by atoms with Crippen LogP contribution in [0.1, 0.15) is 18.2 Å². The summed E-state index contributed by atoms with van der Waals surface area (Å²) in [7, 11) is 0. The van der Waals surface area contributed by atoms with Crippen LogP contribution in [0.3, 0.4) is 0 Å². The third-order valence-corrected chi connectivity index (χ3v) is 2.51. The van der Waals surface area contributed by atoms with Crippen molar-refractivity contribution in [1.29, 1.82) is 0 Å². The van der Waals surface area contributed by atoms with E-state index in [-0.39, 0.29) is 17.9 Å². The number of aliphatic hydroxyl groups is 1. The van der Waals surface area contributed by atoms with E-state index in [9.17, 15) is 18.3 Å². The minimum absolute atomic E-state index is 0.0939. The van der Waals surface area contributed by atoms with Crippen LogP contribution in [-0.4, -0.2) is 16.2 Å². The van der Waals surface area contributed by atoms with Gasteiger partial charge in [0.25, 0.3) is 0 Å². The second kappa shape index (κ2) is 5.05. The molecular weight excluding hydrogens is 259 g/mol. The molecule has 0 radical (unpaired) electrons. The smallest absolute Gasteiger partial charge is 0.417 e. The maximum absolute atomic E-state index is 12.8. The van der Waals surface area contributed by atoms with E-state index in [0.29, 0.717) is 5.76 Å². The molecule has 0 spiro atoms. The molecule has 1 atom stereocenters. The topological polar surface area (TPSA) is 46.3 Å². The van der Waals surface area contributed by atoms with Crippen LogP contribution in [0.5, 0.6) is 0 Å². The second-order valence-corrected chi connectivity index (χ2v) is 4.23. The van der Waals surface area contributed by atoms with Crippen molar-refractivity contribution in [2.45, 2.75) is 25.6 Å². The Morgan fingerprint density at radius 2 is 2.00 bits per heavy atom. The van der Waals surface area contributed by atoms with Crippen molar-refractivity contribution in [3.8, 4) is 11.5 Å². The molecule has 3 nitrogen and oxygen atoms in total. The molecule has 0 fully saturated rings. The molecule has 0 saturated carbocycles. The van der Waals surface area contributed by atoms with Gasteiger partial charge in [0.1, 0.15) is 5.76 Å². The number of hydrogen-bond acceptors (Lipinski definition) is 3. The molecule has 1 heterocycles. The number of aliphatic hydroxyl groups excluding tert-OH is 1. The molecule has 102 valence electrons. The Morgan fingerprint density at radius 3 is 2.63 bits per heavy atom. The summed E-state index contributed by atoms with van der Waals surface area (Å²) in [5.74, 6) is 0.255. The molecule has 1 unspecified atom stereocenters. The zero-order chi connectivity index (χ0) is 14.0. The Labute approximate surface area is 107 Å². The third-order valence-electron chi connectivity index (χ3n) is 2.51. The summed E-state index contributed by atoms with van der Waals surface area (Å²) in [6, 6.07) is 5.09. The van der Waals surface area contributed by atoms with E-state index < -0.39 is 17.8 Å². The lowest BCUT2D eigenvalue weighted by Crippen LogP contribution is -2.06. The summed E-state index contributed by atoms with van der Waals surface area (Å²) >= 11 is 0. The average Bonchev–Trinajstić information content (AvgIpc) is 2.75. The normalized spacial score (nSPS) is 13.5. The van der Waals surface area contributed by atoms with Gasteiger partial charge in [0.2, 0.25) is 5.89 Å². The van der Waals surface area contributed by atoms with Crippen molar-refractivity contribution in [3.63, 3.8) is 0 Å². The Hall–Kier alpha value is -1.82. The highest BCUT2D eigenvalue weighted by atomic mass is 19.4. The molecule has 1 aromatic heterocycles. The van der Waals surface area contributed by atoms with Crippen LogP contribution < -0.4 is 0 Å². The number of halogens is 3. The first kappa shape index (κ1) is 13.6. The van der Waals surface area contributed by atoms with Gasteiger partial charge in [-0.1, -0.05) is 12.1 Å². The second-order valence-electron chi connectivity index (χ2n) is 4.23. The fraction of sp³-hybridized carbons (Fsp3) is 0.308. The highest BCUT2D eigenvalue weighted by Gasteiger charge is 2.34. The first-order chi connectivity index (χ1) is 8.88. The van der Waals surface area contributed by atoms with Gasteiger partial charge in [0.15, 0.2) is 0 Å². The van der Waals surface area contributed by atoms with E-state index in [1.165, 1.54) is 24.4 Å². The summed E-state index contributed by atoms with van der Waals surface area (Å²) in [5, 5.41) is 9.20. The van der Waals surface area contributed by atoms with Crippen molar-refractivity contribution in [2.75, 3.05) is 0 Å². The van der Waals surface area contributed by atoms with E-state index in [4.69, 9.17) is 4.42 Å². The molecule has 1 N–H and O–H groups in total. The van der Waals surface area contributed by atoms with Crippen LogP contribution in [0.25, 0.3) is 11.5 Å². The number of benzene rings is 1. The third kappa shape index (κ3) is 3.14. The fourth-order valence-corrected chi connectivity index (χ4v) is 1.73. The number of aromatic nitrogens is 1. The van der Waals surface area contributed by atoms with Gasteiger partial charge in [0, 0.05) is 12.0 Å². The molecule has 0 aliphatic rings. The van der Waals surface area contributed by atoms with Gasteiger partial charge in [-0.2, -0.15) is 13.2 Å². The Kier molecular flexibility index (Phi) is 3.61. The molecule has 0 saturated heterocycles. The van der Waals surface area contributed by atoms with E-state index in [2.05, 4.69) is 4.98 Å². The van der Waals surface area contributed by atoms with Gasteiger partial charge in [-0.15, -0.1) is 0 Å². The molecule has 2 aromatic rings. The largest absolute Gasteiger partial charge is 0.441 e. The van der Waals surface area contributed by atoms with Gasteiger partial charge in [-0.25, -0.2) is 4.98 Å². The number of hydrogen-bond donors (Lipinski definition) is 1. The van der Waals surface area contributed by atoms with Crippen LogP contribution in [0, 0.1) is 0 Å². The molecule has 19 heavy (non-hydrogen) atoms. The maximum Gasteiger partial charge on any atom is 0.417 e. The number of alkyl halides is 3. The quantitative estimate of drug-likeness (QED) is 0.931. The summed E-state index contributed by atoms with van der Waals surface area (Å²) < 4.78 is 43.8. The number of oxazole rings is 1. The van der Waals surface area contributed by atoms with E-state index in [1.54, 1.807) is 6.92 Å². The summed E-state index contributed by atoms with van der Waals surface area (Å²) in [6.45, 7) is 1.56. The highest BCUT2D eigenvalue weighted by Crippen LogP contribution is 2.36. The predicted octanol–water partition coefficient (Wildman–Crippen LogP) is 3.28. The summed E-state index contributed by atoms with van der Waals surface area (Å²) in [6.07, 6.45) is -3.56. The van der Waals surface area contributed by atoms with Crippen molar-refractivity contribution in [3.05, 3.63) is 41.8 Å². The molecule has 0 bridgehead atoms. The van der Waals surface area contributed by atoms with Crippen LogP contribution in [0.2, 0.25) is 0 Å². The minimum Gasteiger partial charge on any atom is -0.441 e. The SMILES string of the molecule is CC(O)Cc1cnc(-c2ccccc2C(F)(F)F)o1. The van der Waals surface area contributed by atoms with E-state index in [0.717, 1.165) is 6.07 Å². The Morgan fingerprint density at radius 1 is 1.32 bits per heavy atom. The van der Waals surface area contributed by atoms with Gasteiger partial charge in [-0.05, 0) is 19.1 Å². The van der Waals surface area contributed by atoms with Crippen molar-refractivity contribution < 1.29 is 22.7 Å². The van der Waals surface area contributed by atoms with Gasteiger partial charge >= 0.3 is 6.18 Å². The Bertz CT molecular complexity index is 561. The molecule has 2 rings (SSSR count). The minimum atomic E-state index is -4.46. The highest BCUT2D eigenvalue weighted by molar-refractivity contribution is 5.59. The summed E-state index contributed by atoms with van der Waals surface area (Å²) in [5.41, 5.74) is -0.896. The molecule has 0 amide bonds. The zero-order valence-electron chi connectivity index (χ0n) is 10.1. The fourth-order valence-electron chi connectivity index (χ4n) is 1.73. The number of rotatable bonds is 3. The van der Waals surface area contributed by atoms with Gasteiger partial charge in [0.05, 0.1) is 17.9 Å². The average molecular weight is 271 g/mol. The molecule has 0 aliphatic carbocycles.